The normalized spacial score (nSPS) is 12.2. The predicted octanol–water partition coefficient (Wildman–Crippen LogP) is 1.69. The van der Waals surface area contributed by atoms with E-state index in [0.29, 0.717) is 13.0 Å². The van der Waals surface area contributed by atoms with Gasteiger partial charge < -0.3 is 15.0 Å². The lowest BCUT2D eigenvalue weighted by Crippen LogP contribution is -3.07. The van der Waals surface area contributed by atoms with E-state index in [-0.39, 0.29) is 11.9 Å². The first-order chi connectivity index (χ1) is 11.1. The van der Waals surface area contributed by atoms with E-state index in [1.54, 1.807) is 18.4 Å². The lowest BCUT2D eigenvalue weighted by Gasteiger charge is -2.22. The molecule has 0 fully saturated rings. The molecule has 4 nitrogen and oxygen atoms in total. The fraction of sp³-hybridized carbons (Fsp3) is 0.389. The number of carbonyl (C=O) groups is 1. The maximum Gasteiger partial charge on any atom is 0.220 e. The van der Waals surface area contributed by atoms with Gasteiger partial charge in [0.1, 0.15) is 11.8 Å². The van der Waals surface area contributed by atoms with Gasteiger partial charge in [0.05, 0.1) is 27.7 Å². The summed E-state index contributed by atoms with van der Waals surface area (Å²) in [5.74, 6) is 0.956. The van der Waals surface area contributed by atoms with Crippen molar-refractivity contribution in [3.05, 3.63) is 52.2 Å². The van der Waals surface area contributed by atoms with Crippen molar-refractivity contribution in [2.24, 2.45) is 0 Å². The first-order valence-electron chi connectivity index (χ1n) is 7.82. The highest BCUT2D eigenvalue weighted by atomic mass is 32.1. The highest BCUT2D eigenvalue weighted by Gasteiger charge is 2.18. The number of quaternary nitrogens is 1. The fourth-order valence-corrected chi connectivity index (χ4v) is 3.19. The molecule has 0 spiro atoms. The van der Waals surface area contributed by atoms with Gasteiger partial charge in [0.25, 0.3) is 0 Å². The molecule has 1 amide bonds. The van der Waals surface area contributed by atoms with E-state index in [2.05, 4.69) is 43.0 Å². The molecular weight excluding hydrogens is 308 g/mol. The Morgan fingerprint density at radius 2 is 2.00 bits per heavy atom. The Morgan fingerprint density at radius 3 is 2.57 bits per heavy atom. The number of benzene rings is 1. The summed E-state index contributed by atoms with van der Waals surface area (Å²) in [7, 11) is 5.87. The minimum atomic E-state index is 0.107. The molecule has 0 saturated heterocycles. The third kappa shape index (κ3) is 5.37. The number of amides is 1. The lowest BCUT2D eigenvalue weighted by atomic mass is 10.1. The molecule has 0 unspecified atom stereocenters. The molecule has 5 heteroatoms. The predicted molar refractivity (Wildman–Crippen MR) is 94.2 cm³/mol. The number of methoxy groups -OCH3 is 1. The second-order valence-corrected chi connectivity index (χ2v) is 6.62. The number of hydrogen-bond acceptors (Lipinski definition) is 3. The number of aryl methyl sites for hydroxylation is 1. The Labute approximate surface area is 142 Å². The molecule has 2 N–H and O–H groups in total. The summed E-state index contributed by atoms with van der Waals surface area (Å²) in [5.41, 5.74) is 2.43. The van der Waals surface area contributed by atoms with Crippen molar-refractivity contribution < 1.29 is 14.4 Å². The summed E-state index contributed by atoms with van der Waals surface area (Å²) in [6.45, 7) is 0.636. The zero-order chi connectivity index (χ0) is 16.7. The fourth-order valence-electron chi connectivity index (χ4n) is 2.49. The Balaban J connectivity index is 1.87. The minimum absolute atomic E-state index is 0.107. The highest BCUT2D eigenvalue weighted by Crippen LogP contribution is 2.15. The molecule has 124 valence electrons. The zero-order valence-electron chi connectivity index (χ0n) is 14.0. The van der Waals surface area contributed by atoms with Gasteiger partial charge in [-0.2, -0.15) is 11.3 Å². The number of thiophene rings is 1. The third-order valence-electron chi connectivity index (χ3n) is 3.94. The van der Waals surface area contributed by atoms with Crippen LogP contribution in [0.3, 0.4) is 0 Å². The standard InChI is InChI=1S/C18H24N2O2S/c1-20(2)17(15-5-7-16(22-3)8-6-15)12-19-18(21)9-4-14-10-11-23-13-14/h5-8,10-11,13,17H,4,9,12H2,1-3H3,(H,19,21)/p+1/t17-/m0/s1. The topological polar surface area (TPSA) is 42.8 Å². The number of ether oxygens (including phenoxy) is 1. The summed E-state index contributed by atoms with van der Waals surface area (Å²) in [6, 6.07) is 10.4. The van der Waals surface area contributed by atoms with Gasteiger partial charge in [0.15, 0.2) is 0 Å². The van der Waals surface area contributed by atoms with Crippen molar-refractivity contribution >= 4 is 17.2 Å². The van der Waals surface area contributed by atoms with E-state index < -0.39 is 0 Å². The molecule has 0 aliphatic carbocycles. The van der Waals surface area contributed by atoms with Crippen LogP contribution in [-0.2, 0) is 11.2 Å². The second-order valence-electron chi connectivity index (χ2n) is 5.84. The number of carbonyl (C=O) groups excluding carboxylic acids is 1. The summed E-state index contributed by atoms with van der Waals surface area (Å²) in [6.07, 6.45) is 1.34. The SMILES string of the molecule is COc1ccc([C@H](CNC(=O)CCc2ccsc2)[NH+](C)C)cc1. The summed E-state index contributed by atoms with van der Waals surface area (Å²) in [5, 5.41) is 7.20. The van der Waals surface area contributed by atoms with Crippen LogP contribution in [-0.4, -0.2) is 33.7 Å². The maximum atomic E-state index is 12.1. The summed E-state index contributed by atoms with van der Waals surface area (Å²) < 4.78 is 5.20. The van der Waals surface area contributed by atoms with Crippen molar-refractivity contribution in [1.29, 1.82) is 0 Å². The van der Waals surface area contributed by atoms with E-state index in [1.807, 2.05) is 17.5 Å². The molecule has 2 aromatic rings. The summed E-state index contributed by atoms with van der Waals surface area (Å²) >= 11 is 1.67. The van der Waals surface area contributed by atoms with Gasteiger partial charge in [-0.25, -0.2) is 0 Å². The van der Waals surface area contributed by atoms with Gasteiger partial charge in [-0.1, -0.05) is 0 Å². The summed E-state index contributed by atoms with van der Waals surface area (Å²) in [4.78, 5) is 13.3. The van der Waals surface area contributed by atoms with Crippen molar-refractivity contribution in [2.45, 2.75) is 18.9 Å². The number of nitrogens with one attached hydrogen (secondary N) is 2. The molecule has 0 aliphatic rings. The first kappa shape index (κ1) is 17.5. The van der Waals surface area contributed by atoms with Gasteiger partial charge in [-0.05, 0) is 53.1 Å². The molecule has 0 bridgehead atoms. The zero-order valence-corrected chi connectivity index (χ0v) is 14.8. The Hall–Kier alpha value is -1.85. The monoisotopic (exact) mass is 333 g/mol. The van der Waals surface area contributed by atoms with Crippen LogP contribution in [0.2, 0.25) is 0 Å². The third-order valence-corrected chi connectivity index (χ3v) is 4.67. The minimum Gasteiger partial charge on any atom is -0.497 e. The van der Waals surface area contributed by atoms with Gasteiger partial charge >= 0.3 is 0 Å². The van der Waals surface area contributed by atoms with Gasteiger partial charge in [-0.15, -0.1) is 0 Å². The molecule has 0 saturated carbocycles. The van der Waals surface area contributed by atoms with Crippen LogP contribution >= 0.6 is 11.3 Å². The molecule has 0 radical (unpaired) electrons. The van der Waals surface area contributed by atoms with Gasteiger partial charge in [0.2, 0.25) is 5.91 Å². The van der Waals surface area contributed by atoms with Crippen LogP contribution in [0, 0.1) is 0 Å². The molecule has 2 rings (SSSR count). The number of likely N-dealkylation sites (N-methyl/N-ethyl adjacent to an activating group) is 1. The van der Waals surface area contributed by atoms with Crippen LogP contribution in [0.25, 0.3) is 0 Å². The Morgan fingerprint density at radius 1 is 1.26 bits per heavy atom. The van der Waals surface area contributed by atoms with Gasteiger partial charge in [0, 0.05) is 12.0 Å². The smallest absolute Gasteiger partial charge is 0.220 e. The van der Waals surface area contributed by atoms with Crippen LogP contribution in [0.1, 0.15) is 23.6 Å². The first-order valence-corrected chi connectivity index (χ1v) is 8.76. The van der Waals surface area contributed by atoms with Crippen LogP contribution < -0.4 is 15.0 Å². The lowest BCUT2D eigenvalue weighted by molar-refractivity contribution is -0.890. The van der Waals surface area contributed by atoms with E-state index in [1.165, 1.54) is 16.0 Å². The van der Waals surface area contributed by atoms with E-state index in [0.717, 1.165) is 12.2 Å². The van der Waals surface area contributed by atoms with Crippen LogP contribution in [0.15, 0.2) is 41.1 Å². The van der Waals surface area contributed by atoms with E-state index in [4.69, 9.17) is 4.74 Å². The van der Waals surface area contributed by atoms with Crippen LogP contribution in [0.4, 0.5) is 0 Å². The number of hydrogen-bond donors (Lipinski definition) is 2. The molecule has 23 heavy (non-hydrogen) atoms. The maximum absolute atomic E-state index is 12.1. The quantitative estimate of drug-likeness (QED) is 0.772. The van der Waals surface area contributed by atoms with Crippen molar-refractivity contribution in [3.8, 4) is 5.75 Å². The van der Waals surface area contributed by atoms with Gasteiger partial charge in [-0.3, -0.25) is 4.79 Å². The molecule has 1 aromatic carbocycles. The Kier molecular flexibility index (Phi) is 6.62. The van der Waals surface area contributed by atoms with Crippen molar-refractivity contribution in [2.75, 3.05) is 27.7 Å². The average molecular weight is 333 g/mol. The number of rotatable bonds is 8. The Bertz CT molecular complexity index is 594. The highest BCUT2D eigenvalue weighted by molar-refractivity contribution is 7.07. The largest absolute Gasteiger partial charge is 0.497 e. The average Bonchev–Trinajstić information content (AvgIpc) is 3.07. The van der Waals surface area contributed by atoms with Crippen molar-refractivity contribution in [1.82, 2.24) is 5.32 Å². The van der Waals surface area contributed by atoms with E-state index in [9.17, 15) is 4.79 Å². The molecule has 0 aliphatic heterocycles. The second kappa shape index (κ2) is 8.70. The molecular formula is C18H25N2O2S+. The van der Waals surface area contributed by atoms with E-state index >= 15 is 0 Å². The van der Waals surface area contributed by atoms with Crippen molar-refractivity contribution in [3.63, 3.8) is 0 Å². The molecule has 1 aromatic heterocycles. The molecule has 1 atom stereocenters. The molecule has 1 heterocycles. The van der Waals surface area contributed by atoms with Crippen LogP contribution in [0.5, 0.6) is 5.75 Å².